The van der Waals surface area contributed by atoms with E-state index < -0.39 is 0 Å². The van der Waals surface area contributed by atoms with Gasteiger partial charge >= 0.3 is 0 Å². The number of rotatable bonds is 6. The van der Waals surface area contributed by atoms with Crippen molar-refractivity contribution in [3.05, 3.63) is 0 Å². The Hall–Kier alpha value is -0.0400. The van der Waals surface area contributed by atoms with Crippen LogP contribution in [0.3, 0.4) is 0 Å². The van der Waals surface area contributed by atoms with Gasteiger partial charge in [-0.2, -0.15) is 0 Å². The molecule has 0 saturated heterocycles. The smallest absolute Gasteiger partial charge is 0.00900 e. The van der Waals surface area contributed by atoms with E-state index in [4.69, 9.17) is 0 Å². The lowest BCUT2D eigenvalue weighted by Crippen LogP contribution is -2.35. The molecule has 0 amide bonds. The molecule has 1 fully saturated rings. The van der Waals surface area contributed by atoms with Gasteiger partial charge in [-0.1, -0.05) is 40.0 Å². The molecule has 2 atom stereocenters. The van der Waals surface area contributed by atoms with Gasteiger partial charge in [-0.25, -0.2) is 0 Å². The lowest BCUT2D eigenvalue weighted by Gasteiger charge is -2.32. The lowest BCUT2D eigenvalue weighted by molar-refractivity contribution is 0.224. The van der Waals surface area contributed by atoms with Crippen LogP contribution in [0.4, 0.5) is 0 Å². The van der Waals surface area contributed by atoms with Crippen molar-refractivity contribution < 1.29 is 0 Å². The normalized spacial score (nSPS) is 22.4. The first-order valence-electron chi connectivity index (χ1n) is 6.01. The largest absolute Gasteiger partial charge is 0.314 e. The highest BCUT2D eigenvalue weighted by atomic mass is 14.9. The highest BCUT2D eigenvalue weighted by molar-refractivity contribution is 4.78. The molecule has 1 aliphatic rings. The molecular weight excluding hydrogens is 158 g/mol. The summed E-state index contributed by atoms with van der Waals surface area (Å²) in [5.41, 5.74) is 0. The average Bonchev–Trinajstić information content (AvgIpc) is 2.07. The summed E-state index contributed by atoms with van der Waals surface area (Å²) in [5.74, 6) is 1.93. The van der Waals surface area contributed by atoms with Crippen molar-refractivity contribution in [2.24, 2.45) is 11.8 Å². The van der Waals surface area contributed by atoms with Crippen LogP contribution in [0.2, 0.25) is 0 Å². The zero-order valence-corrected chi connectivity index (χ0v) is 9.47. The monoisotopic (exact) mass is 183 g/mol. The minimum atomic E-state index is 0.755. The molecule has 78 valence electrons. The predicted molar refractivity (Wildman–Crippen MR) is 58.9 cm³/mol. The third-order valence-corrected chi connectivity index (χ3v) is 3.52. The molecular formula is C12H25N. The molecule has 1 saturated carbocycles. The minimum absolute atomic E-state index is 0.755. The van der Waals surface area contributed by atoms with E-state index >= 15 is 0 Å². The molecule has 0 spiro atoms. The molecule has 0 heterocycles. The molecule has 2 unspecified atom stereocenters. The fourth-order valence-electron chi connectivity index (χ4n) is 2.43. The highest BCUT2D eigenvalue weighted by Gasteiger charge is 2.23. The van der Waals surface area contributed by atoms with Crippen LogP contribution in [0.5, 0.6) is 0 Å². The maximum absolute atomic E-state index is 3.59. The third-order valence-electron chi connectivity index (χ3n) is 3.52. The van der Waals surface area contributed by atoms with Crippen molar-refractivity contribution in [3.63, 3.8) is 0 Å². The van der Waals surface area contributed by atoms with Gasteiger partial charge in [0.2, 0.25) is 0 Å². The van der Waals surface area contributed by atoms with Crippen molar-refractivity contribution in [2.45, 2.75) is 58.9 Å². The quantitative estimate of drug-likeness (QED) is 0.667. The van der Waals surface area contributed by atoms with Gasteiger partial charge < -0.3 is 5.32 Å². The second-order valence-corrected chi connectivity index (χ2v) is 4.58. The van der Waals surface area contributed by atoms with Crippen molar-refractivity contribution in [3.8, 4) is 0 Å². The van der Waals surface area contributed by atoms with Gasteiger partial charge in [0.05, 0.1) is 0 Å². The summed E-state index contributed by atoms with van der Waals surface area (Å²) in [5, 5.41) is 3.59. The van der Waals surface area contributed by atoms with E-state index in [0.29, 0.717) is 0 Å². The Balaban J connectivity index is 2.20. The second kappa shape index (κ2) is 5.64. The first-order chi connectivity index (χ1) is 6.27. The Kier molecular flexibility index (Phi) is 4.79. The van der Waals surface area contributed by atoms with Gasteiger partial charge in [-0.3, -0.25) is 0 Å². The summed E-state index contributed by atoms with van der Waals surface area (Å²) in [6, 6.07) is 0.755. The summed E-state index contributed by atoms with van der Waals surface area (Å²) < 4.78 is 0. The fourth-order valence-corrected chi connectivity index (χ4v) is 2.43. The molecule has 1 aliphatic carbocycles. The topological polar surface area (TPSA) is 12.0 Å². The molecule has 1 N–H and O–H groups in total. The third kappa shape index (κ3) is 3.30. The molecule has 0 bridgehead atoms. The van der Waals surface area contributed by atoms with E-state index in [-0.39, 0.29) is 0 Å². The van der Waals surface area contributed by atoms with E-state index in [9.17, 15) is 0 Å². The Morgan fingerprint density at radius 2 is 2.00 bits per heavy atom. The molecule has 1 rings (SSSR count). The van der Waals surface area contributed by atoms with Gasteiger partial charge in [-0.05, 0) is 31.2 Å². The van der Waals surface area contributed by atoms with Crippen LogP contribution in [0, 0.1) is 11.8 Å². The van der Waals surface area contributed by atoms with Crippen molar-refractivity contribution in [2.75, 3.05) is 6.54 Å². The predicted octanol–water partition coefficient (Wildman–Crippen LogP) is 3.20. The Morgan fingerprint density at radius 1 is 1.31 bits per heavy atom. The van der Waals surface area contributed by atoms with Crippen LogP contribution >= 0.6 is 0 Å². The zero-order valence-electron chi connectivity index (χ0n) is 9.47. The molecule has 1 nitrogen and oxygen atoms in total. The second-order valence-electron chi connectivity index (χ2n) is 4.58. The highest BCUT2D eigenvalue weighted by Crippen LogP contribution is 2.33. The molecule has 0 aromatic heterocycles. The number of hydrogen-bond acceptors (Lipinski definition) is 1. The Morgan fingerprint density at radius 3 is 2.38 bits per heavy atom. The number of hydrogen-bond donors (Lipinski definition) is 1. The zero-order chi connectivity index (χ0) is 9.68. The van der Waals surface area contributed by atoms with Gasteiger partial charge in [0.1, 0.15) is 0 Å². The van der Waals surface area contributed by atoms with Crippen molar-refractivity contribution >= 4 is 0 Å². The Labute approximate surface area is 83.3 Å². The van der Waals surface area contributed by atoms with Crippen LogP contribution in [0.25, 0.3) is 0 Å². The van der Waals surface area contributed by atoms with Gasteiger partial charge in [-0.15, -0.1) is 0 Å². The maximum Gasteiger partial charge on any atom is 0.00900 e. The van der Waals surface area contributed by atoms with Crippen LogP contribution in [-0.2, 0) is 0 Å². The molecule has 13 heavy (non-hydrogen) atoms. The maximum atomic E-state index is 3.59. The SMILES string of the molecule is CCNC(CC)C(C)CC1CCC1. The minimum Gasteiger partial charge on any atom is -0.314 e. The summed E-state index contributed by atoms with van der Waals surface area (Å²) in [6.07, 6.45) is 7.20. The first-order valence-corrected chi connectivity index (χ1v) is 6.01. The Bertz CT molecular complexity index is 129. The molecule has 0 aliphatic heterocycles. The van der Waals surface area contributed by atoms with Gasteiger partial charge in [0.25, 0.3) is 0 Å². The molecule has 0 radical (unpaired) electrons. The summed E-state index contributed by atoms with van der Waals surface area (Å²) in [6.45, 7) is 8.03. The summed E-state index contributed by atoms with van der Waals surface area (Å²) >= 11 is 0. The van der Waals surface area contributed by atoms with Crippen LogP contribution in [-0.4, -0.2) is 12.6 Å². The van der Waals surface area contributed by atoms with Crippen LogP contribution in [0.15, 0.2) is 0 Å². The van der Waals surface area contributed by atoms with Crippen LogP contribution in [0.1, 0.15) is 52.9 Å². The fraction of sp³-hybridized carbons (Fsp3) is 1.00. The van der Waals surface area contributed by atoms with Crippen molar-refractivity contribution in [1.82, 2.24) is 5.32 Å². The van der Waals surface area contributed by atoms with Crippen molar-refractivity contribution in [1.29, 1.82) is 0 Å². The van der Waals surface area contributed by atoms with E-state index in [2.05, 4.69) is 26.1 Å². The summed E-state index contributed by atoms with van der Waals surface area (Å²) in [7, 11) is 0. The standard InChI is InChI=1S/C12H25N/c1-4-12(13-5-2)10(3)9-11-7-6-8-11/h10-13H,4-9H2,1-3H3. The van der Waals surface area contributed by atoms with Crippen LogP contribution < -0.4 is 5.32 Å². The van der Waals surface area contributed by atoms with E-state index in [1.165, 1.54) is 32.1 Å². The number of nitrogens with one attached hydrogen (secondary N) is 1. The van der Waals surface area contributed by atoms with E-state index in [1.54, 1.807) is 0 Å². The first kappa shape index (κ1) is 11.0. The van der Waals surface area contributed by atoms with Gasteiger partial charge in [0.15, 0.2) is 0 Å². The van der Waals surface area contributed by atoms with E-state index in [1.807, 2.05) is 0 Å². The van der Waals surface area contributed by atoms with Gasteiger partial charge in [0, 0.05) is 6.04 Å². The average molecular weight is 183 g/mol. The van der Waals surface area contributed by atoms with E-state index in [0.717, 1.165) is 24.4 Å². The molecule has 0 aromatic rings. The molecule has 1 heteroatoms. The summed E-state index contributed by atoms with van der Waals surface area (Å²) in [4.78, 5) is 0. The molecule has 0 aromatic carbocycles. The lowest BCUT2D eigenvalue weighted by atomic mass is 9.77.